The molecule has 4 nitrogen and oxygen atoms in total. The van der Waals surface area contributed by atoms with Crippen molar-refractivity contribution >= 4 is 28.4 Å². The molecule has 3 aromatic rings. The highest BCUT2D eigenvalue weighted by molar-refractivity contribution is 5.91. The molecule has 0 unspecified atom stereocenters. The van der Waals surface area contributed by atoms with E-state index in [-0.39, 0.29) is 0 Å². The molecule has 2 heterocycles. The Morgan fingerprint density at radius 3 is 2.58 bits per heavy atom. The van der Waals surface area contributed by atoms with Gasteiger partial charge in [0, 0.05) is 24.2 Å². The van der Waals surface area contributed by atoms with E-state index < -0.39 is 0 Å². The van der Waals surface area contributed by atoms with Crippen LogP contribution >= 0.6 is 0 Å². The topological polar surface area (TPSA) is 41.1 Å². The maximum absolute atomic E-state index is 4.85. The Bertz CT molecular complexity index is 882. The molecule has 24 heavy (non-hydrogen) atoms. The van der Waals surface area contributed by atoms with E-state index in [1.54, 1.807) is 0 Å². The number of aromatic nitrogens is 2. The van der Waals surface area contributed by atoms with E-state index in [4.69, 9.17) is 9.97 Å². The van der Waals surface area contributed by atoms with E-state index in [2.05, 4.69) is 60.5 Å². The molecule has 1 aliphatic rings. The van der Waals surface area contributed by atoms with Gasteiger partial charge in [0.25, 0.3) is 0 Å². The Morgan fingerprint density at radius 2 is 1.75 bits per heavy atom. The molecule has 1 fully saturated rings. The lowest BCUT2D eigenvalue weighted by Gasteiger charge is -2.19. The van der Waals surface area contributed by atoms with Crippen molar-refractivity contribution in [3.8, 4) is 0 Å². The minimum absolute atomic E-state index is 0.671. The van der Waals surface area contributed by atoms with Gasteiger partial charge in [0.05, 0.1) is 5.52 Å². The van der Waals surface area contributed by atoms with Crippen LogP contribution in [-0.2, 0) is 0 Å². The molecular weight excluding hydrogens is 296 g/mol. The third-order valence-corrected chi connectivity index (χ3v) is 4.63. The zero-order valence-corrected chi connectivity index (χ0v) is 14.2. The van der Waals surface area contributed by atoms with E-state index in [0.29, 0.717) is 5.95 Å². The largest absolute Gasteiger partial charge is 0.356 e. The quantitative estimate of drug-likeness (QED) is 0.767. The number of benzene rings is 2. The molecule has 1 aromatic heterocycles. The second-order valence-corrected chi connectivity index (χ2v) is 6.53. The summed E-state index contributed by atoms with van der Waals surface area (Å²) in [5, 5.41) is 4.55. The molecule has 0 amide bonds. The standard InChI is InChI=1S/C20H22N4/c1-14-9-10-15(2)18(13-14)22-20-21-17-8-4-3-7-16(17)19(23-20)24-11-5-6-12-24/h3-4,7-10,13H,5-6,11-12H2,1-2H3,(H,21,22,23). The highest BCUT2D eigenvalue weighted by Crippen LogP contribution is 2.29. The van der Waals surface area contributed by atoms with E-state index in [0.717, 1.165) is 35.5 Å². The number of rotatable bonds is 3. The van der Waals surface area contributed by atoms with Crippen LogP contribution in [-0.4, -0.2) is 23.1 Å². The molecule has 2 aromatic carbocycles. The maximum atomic E-state index is 4.85. The van der Waals surface area contributed by atoms with Crippen molar-refractivity contribution in [1.82, 2.24) is 9.97 Å². The van der Waals surface area contributed by atoms with Crippen LogP contribution in [0.4, 0.5) is 17.5 Å². The molecule has 4 heteroatoms. The number of hydrogen-bond acceptors (Lipinski definition) is 4. The Morgan fingerprint density at radius 1 is 0.958 bits per heavy atom. The number of nitrogens with zero attached hydrogens (tertiary/aromatic N) is 3. The van der Waals surface area contributed by atoms with Crippen LogP contribution in [0.3, 0.4) is 0 Å². The van der Waals surface area contributed by atoms with Gasteiger partial charge >= 0.3 is 0 Å². The van der Waals surface area contributed by atoms with Crippen molar-refractivity contribution in [2.75, 3.05) is 23.3 Å². The van der Waals surface area contributed by atoms with Gasteiger partial charge in [0.1, 0.15) is 5.82 Å². The minimum atomic E-state index is 0.671. The van der Waals surface area contributed by atoms with Crippen LogP contribution in [0.5, 0.6) is 0 Å². The SMILES string of the molecule is Cc1ccc(C)c(Nc2nc(N3CCCC3)c3ccccc3n2)c1. The lowest BCUT2D eigenvalue weighted by Crippen LogP contribution is -2.20. The number of anilines is 3. The molecule has 0 bridgehead atoms. The lowest BCUT2D eigenvalue weighted by atomic mass is 10.1. The van der Waals surface area contributed by atoms with Gasteiger partial charge in [0.2, 0.25) is 5.95 Å². The molecule has 0 aliphatic carbocycles. The van der Waals surface area contributed by atoms with Crippen LogP contribution in [0.1, 0.15) is 24.0 Å². The third kappa shape index (κ3) is 2.80. The molecule has 1 saturated heterocycles. The van der Waals surface area contributed by atoms with Crippen molar-refractivity contribution in [2.24, 2.45) is 0 Å². The Labute approximate surface area is 142 Å². The second kappa shape index (κ2) is 6.11. The van der Waals surface area contributed by atoms with Crippen molar-refractivity contribution in [1.29, 1.82) is 0 Å². The average Bonchev–Trinajstić information content (AvgIpc) is 3.12. The number of nitrogens with one attached hydrogen (secondary N) is 1. The summed E-state index contributed by atoms with van der Waals surface area (Å²) in [7, 11) is 0. The smallest absolute Gasteiger partial charge is 0.229 e. The van der Waals surface area contributed by atoms with Crippen LogP contribution in [0, 0.1) is 13.8 Å². The minimum Gasteiger partial charge on any atom is -0.356 e. The van der Waals surface area contributed by atoms with Gasteiger partial charge < -0.3 is 10.2 Å². The van der Waals surface area contributed by atoms with Crippen molar-refractivity contribution in [3.63, 3.8) is 0 Å². The van der Waals surface area contributed by atoms with Crippen molar-refractivity contribution < 1.29 is 0 Å². The van der Waals surface area contributed by atoms with Gasteiger partial charge in [-0.3, -0.25) is 0 Å². The maximum Gasteiger partial charge on any atom is 0.229 e. The molecule has 122 valence electrons. The normalized spacial score (nSPS) is 14.3. The summed E-state index contributed by atoms with van der Waals surface area (Å²) in [6.07, 6.45) is 2.47. The number of para-hydroxylation sites is 1. The fourth-order valence-electron chi connectivity index (χ4n) is 3.28. The summed E-state index contributed by atoms with van der Waals surface area (Å²) in [4.78, 5) is 12.0. The first-order valence-electron chi connectivity index (χ1n) is 8.57. The van der Waals surface area contributed by atoms with Gasteiger partial charge in [0.15, 0.2) is 0 Å². The predicted octanol–water partition coefficient (Wildman–Crippen LogP) is 4.59. The van der Waals surface area contributed by atoms with Crippen LogP contribution in [0.2, 0.25) is 0 Å². The molecule has 4 rings (SSSR count). The van der Waals surface area contributed by atoms with Crippen LogP contribution in [0.25, 0.3) is 10.9 Å². The fourth-order valence-corrected chi connectivity index (χ4v) is 3.28. The molecular formula is C20H22N4. The van der Waals surface area contributed by atoms with Crippen LogP contribution < -0.4 is 10.2 Å². The first-order chi connectivity index (χ1) is 11.7. The summed E-state index contributed by atoms with van der Waals surface area (Å²) in [6, 6.07) is 14.7. The monoisotopic (exact) mass is 318 g/mol. The fraction of sp³-hybridized carbons (Fsp3) is 0.300. The number of aryl methyl sites for hydroxylation is 2. The molecule has 1 aliphatic heterocycles. The zero-order chi connectivity index (χ0) is 16.5. The van der Waals surface area contributed by atoms with Gasteiger partial charge in [-0.1, -0.05) is 24.3 Å². The highest BCUT2D eigenvalue weighted by atomic mass is 15.2. The molecule has 0 spiro atoms. The summed E-state index contributed by atoms with van der Waals surface area (Å²) >= 11 is 0. The summed E-state index contributed by atoms with van der Waals surface area (Å²) in [5.74, 6) is 1.72. The van der Waals surface area contributed by atoms with E-state index in [9.17, 15) is 0 Å². The van der Waals surface area contributed by atoms with E-state index in [1.165, 1.54) is 24.0 Å². The summed E-state index contributed by atoms with van der Waals surface area (Å²) < 4.78 is 0. The first-order valence-corrected chi connectivity index (χ1v) is 8.57. The van der Waals surface area contributed by atoms with E-state index in [1.807, 2.05) is 6.07 Å². The zero-order valence-electron chi connectivity index (χ0n) is 14.2. The molecule has 0 atom stereocenters. The van der Waals surface area contributed by atoms with Crippen molar-refractivity contribution in [2.45, 2.75) is 26.7 Å². The molecule has 0 saturated carbocycles. The number of fused-ring (bicyclic) bond motifs is 1. The number of hydrogen-bond donors (Lipinski definition) is 1. The highest BCUT2D eigenvalue weighted by Gasteiger charge is 2.18. The van der Waals surface area contributed by atoms with E-state index >= 15 is 0 Å². The third-order valence-electron chi connectivity index (χ3n) is 4.63. The summed E-state index contributed by atoms with van der Waals surface area (Å²) in [6.45, 7) is 6.35. The molecule has 0 radical (unpaired) electrons. The Hall–Kier alpha value is -2.62. The summed E-state index contributed by atoms with van der Waals surface area (Å²) in [5.41, 5.74) is 4.48. The second-order valence-electron chi connectivity index (χ2n) is 6.53. The van der Waals surface area contributed by atoms with Gasteiger partial charge in [-0.25, -0.2) is 4.98 Å². The Kier molecular flexibility index (Phi) is 3.81. The lowest BCUT2D eigenvalue weighted by molar-refractivity contribution is 0.941. The predicted molar refractivity (Wildman–Crippen MR) is 100 cm³/mol. The van der Waals surface area contributed by atoms with Gasteiger partial charge in [-0.2, -0.15) is 4.98 Å². The first kappa shape index (κ1) is 14.9. The van der Waals surface area contributed by atoms with Gasteiger partial charge in [-0.05, 0) is 56.0 Å². The van der Waals surface area contributed by atoms with Gasteiger partial charge in [-0.15, -0.1) is 0 Å². The Balaban J connectivity index is 1.79. The van der Waals surface area contributed by atoms with Crippen molar-refractivity contribution in [3.05, 3.63) is 53.6 Å². The molecule has 1 N–H and O–H groups in total. The van der Waals surface area contributed by atoms with Crippen LogP contribution in [0.15, 0.2) is 42.5 Å². The average molecular weight is 318 g/mol.